The van der Waals surface area contributed by atoms with Crippen LogP contribution in [0, 0.1) is 11.5 Å². The van der Waals surface area contributed by atoms with Gasteiger partial charge in [-0.15, -0.1) is 5.26 Å². The van der Waals surface area contributed by atoms with Crippen LogP contribution < -0.4 is 0 Å². The molecule has 0 rings (SSSR count). The molecule has 1 N–H and O–H groups in total. The zero-order chi connectivity index (χ0) is 9.83. The predicted octanol–water partition coefficient (Wildman–Crippen LogP) is 2.25. The summed E-state index contributed by atoms with van der Waals surface area (Å²) >= 11 is 0. The molecule has 4 nitrogen and oxygen atoms in total. The third kappa shape index (κ3) is 2.00. The number of nitrogens with zero attached hydrogens (tertiary/aromatic N) is 1. The molecule has 0 saturated carbocycles. The van der Waals surface area contributed by atoms with Crippen molar-refractivity contribution in [2.24, 2.45) is 0 Å². The summed E-state index contributed by atoms with van der Waals surface area (Å²) in [5.74, 6) is 0. The largest absolute Gasteiger partial charge is 0.391 e. The van der Waals surface area contributed by atoms with Gasteiger partial charge in [0.1, 0.15) is 0 Å². The lowest BCUT2D eigenvalue weighted by atomic mass is 10.1. The highest BCUT2D eigenvalue weighted by Crippen LogP contribution is 2.58. The minimum atomic E-state index is -3.78. The van der Waals surface area contributed by atoms with E-state index in [9.17, 15) is 9.46 Å². The average Bonchev–Trinajstić information content (AvgIpc) is 2.02. The van der Waals surface area contributed by atoms with Gasteiger partial charge in [-0.05, 0) is 19.8 Å². The molecule has 0 aliphatic rings. The van der Waals surface area contributed by atoms with Gasteiger partial charge in [-0.25, -0.2) is 4.57 Å². The molecule has 0 fully saturated rings. The fourth-order valence-corrected chi connectivity index (χ4v) is 1.95. The molecular weight excluding hydrogens is 177 g/mol. The Labute approximate surface area is 72.7 Å². The second-order valence-electron chi connectivity index (χ2n) is 2.91. The Bertz CT molecular complexity index is 229. The SMILES string of the molecule is CCC(C)(CC)P(=O)(O)OC#N. The predicted molar refractivity (Wildman–Crippen MR) is 45.5 cm³/mol. The Morgan fingerprint density at radius 2 is 2.00 bits per heavy atom. The van der Waals surface area contributed by atoms with Crippen LogP contribution in [0.1, 0.15) is 33.6 Å². The van der Waals surface area contributed by atoms with Gasteiger partial charge in [-0.1, -0.05) is 13.8 Å². The fourth-order valence-electron chi connectivity index (χ4n) is 0.815. The molecule has 0 aromatic carbocycles. The van der Waals surface area contributed by atoms with E-state index in [0.29, 0.717) is 12.8 Å². The Morgan fingerprint density at radius 3 is 2.25 bits per heavy atom. The van der Waals surface area contributed by atoms with Gasteiger partial charge in [0.25, 0.3) is 6.26 Å². The average molecular weight is 191 g/mol. The van der Waals surface area contributed by atoms with E-state index in [-0.39, 0.29) is 0 Å². The summed E-state index contributed by atoms with van der Waals surface area (Å²) in [6, 6.07) is 0. The molecule has 1 unspecified atom stereocenters. The van der Waals surface area contributed by atoms with Crippen LogP contribution in [0.3, 0.4) is 0 Å². The van der Waals surface area contributed by atoms with Crippen molar-refractivity contribution < 1.29 is 14.0 Å². The van der Waals surface area contributed by atoms with Crippen LogP contribution >= 0.6 is 7.60 Å². The van der Waals surface area contributed by atoms with E-state index in [1.54, 1.807) is 20.8 Å². The second-order valence-corrected chi connectivity index (χ2v) is 5.21. The summed E-state index contributed by atoms with van der Waals surface area (Å²) < 4.78 is 15.6. The molecule has 70 valence electrons. The van der Waals surface area contributed by atoms with E-state index in [1.165, 1.54) is 6.26 Å². The first-order chi connectivity index (χ1) is 5.43. The summed E-state index contributed by atoms with van der Waals surface area (Å²) in [7, 11) is -3.78. The van der Waals surface area contributed by atoms with Crippen LogP contribution in [0.5, 0.6) is 0 Å². The maximum absolute atomic E-state index is 11.4. The Morgan fingerprint density at radius 1 is 1.58 bits per heavy atom. The molecule has 5 heteroatoms. The summed E-state index contributed by atoms with van der Waals surface area (Å²) in [6.45, 7) is 5.24. The quantitative estimate of drug-likeness (QED) is 0.546. The van der Waals surface area contributed by atoms with Crippen molar-refractivity contribution in [1.29, 1.82) is 5.26 Å². The second kappa shape index (κ2) is 3.93. The van der Waals surface area contributed by atoms with Crippen LogP contribution in [0.25, 0.3) is 0 Å². The molecule has 0 radical (unpaired) electrons. The van der Waals surface area contributed by atoms with Gasteiger partial charge < -0.3 is 9.42 Å². The molecular formula is C7H14NO3P. The van der Waals surface area contributed by atoms with Gasteiger partial charge in [0.15, 0.2) is 0 Å². The Hall–Kier alpha value is -0.520. The van der Waals surface area contributed by atoms with E-state index in [4.69, 9.17) is 5.26 Å². The Balaban J connectivity index is 4.74. The molecule has 0 spiro atoms. The highest BCUT2D eigenvalue weighted by Gasteiger charge is 2.43. The lowest BCUT2D eigenvalue weighted by molar-refractivity contribution is 0.312. The van der Waals surface area contributed by atoms with Crippen molar-refractivity contribution >= 4 is 7.60 Å². The number of nitriles is 1. The highest BCUT2D eigenvalue weighted by molar-refractivity contribution is 7.54. The lowest BCUT2D eigenvalue weighted by Crippen LogP contribution is -2.23. The number of hydrogen-bond acceptors (Lipinski definition) is 3. The maximum atomic E-state index is 11.4. The molecule has 1 atom stereocenters. The highest BCUT2D eigenvalue weighted by atomic mass is 31.2. The summed E-state index contributed by atoms with van der Waals surface area (Å²) in [6.07, 6.45) is 2.29. The van der Waals surface area contributed by atoms with E-state index < -0.39 is 12.8 Å². The molecule has 0 amide bonds. The summed E-state index contributed by atoms with van der Waals surface area (Å²) in [4.78, 5) is 9.34. The fraction of sp³-hybridized carbons (Fsp3) is 0.857. The van der Waals surface area contributed by atoms with Gasteiger partial charge in [0.2, 0.25) is 0 Å². The van der Waals surface area contributed by atoms with Gasteiger partial charge in [-0.3, -0.25) is 0 Å². The van der Waals surface area contributed by atoms with Gasteiger partial charge in [0, 0.05) is 0 Å². The zero-order valence-corrected chi connectivity index (χ0v) is 8.47. The molecule has 0 aromatic heterocycles. The smallest absolute Gasteiger partial charge is 0.349 e. The molecule has 0 aromatic rings. The molecule has 0 aliphatic heterocycles. The first-order valence-electron chi connectivity index (χ1n) is 3.84. The van der Waals surface area contributed by atoms with Crippen molar-refractivity contribution in [1.82, 2.24) is 0 Å². The van der Waals surface area contributed by atoms with Gasteiger partial charge in [0.05, 0.1) is 5.16 Å². The van der Waals surface area contributed by atoms with Crippen molar-refractivity contribution in [2.45, 2.75) is 38.8 Å². The standard InChI is InChI=1S/C7H14NO3P/c1-4-7(3,5-2)12(9,10)11-6-8/h4-5H2,1-3H3,(H,9,10). The van der Waals surface area contributed by atoms with Crippen molar-refractivity contribution in [3.8, 4) is 6.26 Å². The van der Waals surface area contributed by atoms with E-state index >= 15 is 0 Å². The van der Waals surface area contributed by atoms with E-state index in [1.807, 2.05) is 0 Å². The van der Waals surface area contributed by atoms with Crippen LogP contribution in [0.15, 0.2) is 0 Å². The van der Waals surface area contributed by atoms with Gasteiger partial charge >= 0.3 is 7.60 Å². The Kier molecular flexibility index (Phi) is 3.76. The van der Waals surface area contributed by atoms with Crippen molar-refractivity contribution in [3.05, 3.63) is 0 Å². The molecule has 0 bridgehead atoms. The first-order valence-corrected chi connectivity index (χ1v) is 5.42. The van der Waals surface area contributed by atoms with Gasteiger partial charge in [-0.2, -0.15) is 0 Å². The minimum absolute atomic E-state index is 0.513. The number of hydrogen-bond donors (Lipinski definition) is 1. The topological polar surface area (TPSA) is 70.3 Å². The van der Waals surface area contributed by atoms with Crippen LogP contribution in [0.2, 0.25) is 0 Å². The van der Waals surface area contributed by atoms with Crippen molar-refractivity contribution in [2.75, 3.05) is 0 Å². The molecule has 12 heavy (non-hydrogen) atoms. The van der Waals surface area contributed by atoms with Crippen LogP contribution in [-0.2, 0) is 9.09 Å². The molecule has 0 aliphatic carbocycles. The summed E-state index contributed by atoms with van der Waals surface area (Å²) in [5, 5.41) is 7.35. The monoisotopic (exact) mass is 191 g/mol. The maximum Gasteiger partial charge on any atom is 0.391 e. The lowest BCUT2D eigenvalue weighted by Gasteiger charge is -2.28. The van der Waals surface area contributed by atoms with E-state index in [0.717, 1.165) is 0 Å². The third-order valence-electron chi connectivity index (χ3n) is 2.37. The van der Waals surface area contributed by atoms with E-state index in [2.05, 4.69) is 4.52 Å². The zero-order valence-electron chi connectivity index (χ0n) is 7.57. The number of rotatable bonds is 4. The third-order valence-corrected chi connectivity index (χ3v) is 4.70. The first kappa shape index (κ1) is 11.5. The molecule has 0 saturated heterocycles. The minimum Gasteiger partial charge on any atom is -0.349 e. The van der Waals surface area contributed by atoms with Crippen LogP contribution in [0.4, 0.5) is 0 Å². The van der Waals surface area contributed by atoms with Crippen molar-refractivity contribution in [3.63, 3.8) is 0 Å². The normalized spacial score (nSPS) is 16.2. The summed E-state index contributed by atoms with van der Waals surface area (Å²) in [5.41, 5.74) is 0. The molecule has 0 heterocycles. The van der Waals surface area contributed by atoms with Crippen LogP contribution in [-0.4, -0.2) is 10.0 Å².